The summed E-state index contributed by atoms with van der Waals surface area (Å²) >= 11 is 1.48. The van der Waals surface area contributed by atoms with Crippen molar-refractivity contribution in [2.75, 3.05) is 17.2 Å². The highest BCUT2D eigenvalue weighted by Gasteiger charge is 2.14. The van der Waals surface area contributed by atoms with Crippen molar-refractivity contribution >= 4 is 34.5 Å². The first-order valence-corrected chi connectivity index (χ1v) is 10.2. The molecule has 1 aromatic heterocycles. The second-order valence-corrected chi connectivity index (χ2v) is 7.39. The van der Waals surface area contributed by atoms with Gasteiger partial charge in [0, 0.05) is 12.3 Å². The van der Waals surface area contributed by atoms with Gasteiger partial charge in [0.2, 0.25) is 11.8 Å². The van der Waals surface area contributed by atoms with Crippen molar-refractivity contribution in [1.29, 1.82) is 0 Å². The minimum Gasteiger partial charge on any atom is -0.493 e. The average molecular weight is 410 g/mol. The Morgan fingerprint density at radius 3 is 2.66 bits per heavy atom. The Kier molecular flexibility index (Phi) is 6.61. The summed E-state index contributed by atoms with van der Waals surface area (Å²) in [5.74, 6) is 0.388. The van der Waals surface area contributed by atoms with Crippen LogP contribution in [0.2, 0.25) is 0 Å². The predicted molar refractivity (Wildman–Crippen MR) is 117 cm³/mol. The van der Waals surface area contributed by atoms with E-state index in [1.165, 1.54) is 18.3 Å². The number of aryl methyl sites for hydroxylation is 1. The second kappa shape index (κ2) is 9.34. The molecule has 0 aliphatic rings. The van der Waals surface area contributed by atoms with Crippen LogP contribution in [0.25, 0.3) is 10.6 Å². The van der Waals surface area contributed by atoms with Gasteiger partial charge in [-0.1, -0.05) is 18.2 Å². The van der Waals surface area contributed by atoms with Crippen molar-refractivity contribution in [3.63, 3.8) is 0 Å². The summed E-state index contributed by atoms with van der Waals surface area (Å²) in [5.41, 5.74) is 3.72. The lowest BCUT2D eigenvalue weighted by Gasteiger charge is -2.12. The molecule has 0 radical (unpaired) electrons. The Morgan fingerprint density at radius 2 is 1.90 bits per heavy atom. The molecular formula is C22H23N3O3S. The van der Waals surface area contributed by atoms with Gasteiger partial charge in [-0.05, 0) is 43.7 Å². The molecule has 150 valence electrons. The van der Waals surface area contributed by atoms with Crippen molar-refractivity contribution in [2.24, 2.45) is 0 Å². The van der Waals surface area contributed by atoms with Crippen LogP contribution < -0.4 is 15.4 Å². The smallest absolute Gasteiger partial charge is 0.230 e. The number of anilines is 2. The fourth-order valence-electron chi connectivity index (χ4n) is 2.86. The van der Waals surface area contributed by atoms with Crippen LogP contribution in [0.4, 0.5) is 11.4 Å². The number of benzene rings is 2. The van der Waals surface area contributed by atoms with Crippen LogP contribution in [-0.2, 0) is 16.0 Å². The monoisotopic (exact) mass is 409 g/mol. The summed E-state index contributed by atoms with van der Waals surface area (Å²) in [6, 6.07) is 13.2. The number of amides is 2. The molecule has 0 unspecified atom stereocenters. The van der Waals surface area contributed by atoms with Crippen LogP contribution in [0.15, 0.2) is 47.8 Å². The van der Waals surface area contributed by atoms with E-state index in [1.807, 2.05) is 55.6 Å². The van der Waals surface area contributed by atoms with Gasteiger partial charge in [-0.3, -0.25) is 9.59 Å². The minimum atomic E-state index is -0.197. The van der Waals surface area contributed by atoms with Crippen LogP contribution in [0.3, 0.4) is 0 Å². The highest BCUT2D eigenvalue weighted by Crippen LogP contribution is 2.32. The fourth-order valence-corrected chi connectivity index (χ4v) is 3.70. The van der Waals surface area contributed by atoms with Crippen LogP contribution in [0, 0.1) is 6.92 Å². The van der Waals surface area contributed by atoms with E-state index in [0.717, 1.165) is 21.9 Å². The number of rotatable bonds is 7. The van der Waals surface area contributed by atoms with Crippen molar-refractivity contribution in [3.8, 4) is 16.3 Å². The van der Waals surface area contributed by atoms with Crippen LogP contribution in [0.5, 0.6) is 5.75 Å². The Hall–Kier alpha value is -3.19. The first kappa shape index (κ1) is 20.5. The number of carbonyl (C=O) groups excluding carboxylic acids is 2. The highest BCUT2D eigenvalue weighted by molar-refractivity contribution is 7.13. The van der Waals surface area contributed by atoms with Gasteiger partial charge in [-0.15, -0.1) is 11.3 Å². The second-order valence-electron chi connectivity index (χ2n) is 6.53. The molecule has 0 aliphatic carbocycles. The average Bonchev–Trinajstić information content (AvgIpc) is 3.12. The standard InChI is InChI=1S/C22H23N3O3S/c1-4-28-20-8-6-5-7-17(20)22-24-16(13-29-22)12-21(27)25-19-11-14(2)9-10-18(19)23-15(3)26/h5-11,13H,4,12H2,1-3H3,(H,23,26)(H,25,27). The number of thiazole rings is 1. The zero-order chi connectivity index (χ0) is 20.8. The van der Waals surface area contributed by atoms with Crippen molar-refractivity contribution < 1.29 is 14.3 Å². The number of ether oxygens (including phenoxy) is 1. The SMILES string of the molecule is CCOc1ccccc1-c1nc(CC(=O)Nc2cc(C)ccc2NC(C)=O)cs1. The Morgan fingerprint density at radius 1 is 1.10 bits per heavy atom. The van der Waals surface area contributed by atoms with E-state index in [4.69, 9.17) is 4.74 Å². The van der Waals surface area contributed by atoms with Crippen LogP contribution in [0.1, 0.15) is 25.1 Å². The highest BCUT2D eigenvalue weighted by atomic mass is 32.1. The molecule has 29 heavy (non-hydrogen) atoms. The Balaban J connectivity index is 1.73. The van der Waals surface area contributed by atoms with Gasteiger partial charge in [-0.25, -0.2) is 4.98 Å². The lowest BCUT2D eigenvalue weighted by molar-refractivity contribution is -0.116. The maximum absolute atomic E-state index is 12.6. The van der Waals surface area contributed by atoms with Gasteiger partial charge in [0.05, 0.1) is 35.7 Å². The molecule has 0 saturated carbocycles. The maximum Gasteiger partial charge on any atom is 0.230 e. The van der Waals surface area contributed by atoms with Gasteiger partial charge in [0.25, 0.3) is 0 Å². The molecule has 6 nitrogen and oxygen atoms in total. The van der Waals surface area contributed by atoms with E-state index < -0.39 is 0 Å². The topological polar surface area (TPSA) is 80.3 Å². The molecule has 2 amide bonds. The van der Waals surface area contributed by atoms with E-state index in [0.29, 0.717) is 23.7 Å². The van der Waals surface area contributed by atoms with Crippen LogP contribution in [-0.4, -0.2) is 23.4 Å². The molecule has 3 aromatic rings. The fraction of sp³-hybridized carbons (Fsp3) is 0.227. The third kappa shape index (κ3) is 5.42. The van der Waals surface area contributed by atoms with E-state index in [9.17, 15) is 9.59 Å². The summed E-state index contributed by atoms with van der Waals surface area (Å²) < 4.78 is 5.67. The lowest BCUT2D eigenvalue weighted by atomic mass is 10.1. The molecule has 0 fully saturated rings. The van der Waals surface area contributed by atoms with E-state index in [1.54, 1.807) is 6.07 Å². The molecule has 0 bridgehead atoms. The minimum absolute atomic E-state index is 0.140. The molecule has 0 spiro atoms. The van der Waals surface area contributed by atoms with Gasteiger partial charge < -0.3 is 15.4 Å². The molecular weight excluding hydrogens is 386 g/mol. The van der Waals surface area contributed by atoms with E-state index in [2.05, 4.69) is 15.6 Å². The Labute approximate surface area is 173 Å². The number of carbonyl (C=O) groups is 2. The maximum atomic E-state index is 12.6. The van der Waals surface area contributed by atoms with Crippen molar-refractivity contribution in [1.82, 2.24) is 4.98 Å². The molecule has 0 aliphatic heterocycles. The largest absolute Gasteiger partial charge is 0.493 e. The zero-order valence-electron chi connectivity index (χ0n) is 16.6. The molecule has 0 saturated heterocycles. The number of nitrogens with one attached hydrogen (secondary N) is 2. The third-order valence-corrected chi connectivity index (χ3v) is 4.99. The summed E-state index contributed by atoms with van der Waals surface area (Å²) in [7, 11) is 0. The first-order valence-electron chi connectivity index (χ1n) is 9.31. The van der Waals surface area contributed by atoms with Crippen molar-refractivity contribution in [3.05, 3.63) is 59.1 Å². The first-order chi connectivity index (χ1) is 14.0. The molecule has 2 aromatic carbocycles. The summed E-state index contributed by atoms with van der Waals surface area (Å²) in [5, 5.41) is 8.29. The molecule has 1 heterocycles. The summed E-state index contributed by atoms with van der Waals surface area (Å²) in [4.78, 5) is 28.6. The molecule has 2 N–H and O–H groups in total. The van der Waals surface area contributed by atoms with Crippen molar-refractivity contribution in [2.45, 2.75) is 27.2 Å². The quantitative estimate of drug-likeness (QED) is 0.595. The van der Waals surface area contributed by atoms with E-state index in [-0.39, 0.29) is 18.2 Å². The predicted octanol–water partition coefficient (Wildman–Crippen LogP) is 4.66. The number of hydrogen-bond donors (Lipinski definition) is 2. The van der Waals surface area contributed by atoms with Gasteiger partial charge >= 0.3 is 0 Å². The lowest BCUT2D eigenvalue weighted by Crippen LogP contribution is -2.17. The molecule has 3 rings (SSSR count). The number of nitrogens with zero attached hydrogens (tertiary/aromatic N) is 1. The summed E-state index contributed by atoms with van der Waals surface area (Å²) in [6.07, 6.45) is 0.140. The third-order valence-electron chi connectivity index (χ3n) is 4.07. The Bertz CT molecular complexity index is 1030. The zero-order valence-corrected chi connectivity index (χ0v) is 17.4. The van der Waals surface area contributed by atoms with Gasteiger partial charge in [-0.2, -0.15) is 0 Å². The number of hydrogen-bond acceptors (Lipinski definition) is 5. The number of aromatic nitrogens is 1. The normalized spacial score (nSPS) is 10.4. The number of para-hydroxylation sites is 1. The molecule has 7 heteroatoms. The van der Waals surface area contributed by atoms with E-state index >= 15 is 0 Å². The van der Waals surface area contributed by atoms with Crippen LogP contribution >= 0.6 is 11.3 Å². The van der Waals surface area contributed by atoms with Gasteiger partial charge in [0.1, 0.15) is 10.8 Å². The summed E-state index contributed by atoms with van der Waals surface area (Å²) in [6.45, 7) is 5.87. The molecule has 0 atom stereocenters. The van der Waals surface area contributed by atoms with Gasteiger partial charge in [0.15, 0.2) is 0 Å².